The summed E-state index contributed by atoms with van der Waals surface area (Å²) in [6.45, 7) is 0.839. The molecule has 1 heterocycles. The molecule has 0 radical (unpaired) electrons. The molecule has 0 aliphatic heterocycles. The van der Waals surface area contributed by atoms with E-state index in [2.05, 4.69) is 15.4 Å². The Morgan fingerprint density at radius 1 is 1.47 bits per heavy atom. The third kappa shape index (κ3) is 2.66. The Balaban J connectivity index is 1.58. The number of halogens is 1. The summed E-state index contributed by atoms with van der Waals surface area (Å²) in [6.07, 6.45) is 4.51. The van der Waals surface area contributed by atoms with Crippen molar-refractivity contribution in [1.82, 2.24) is 20.1 Å². The molecule has 0 amide bonds. The molecule has 0 saturated heterocycles. The number of nitrogens with one attached hydrogen (secondary N) is 1. The van der Waals surface area contributed by atoms with E-state index < -0.39 is 0 Å². The van der Waals surface area contributed by atoms with E-state index in [1.54, 1.807) is 23.1 Å². The summed E-state index contributed by atoms with van der Waals surface area (Å²) in [6, 6.07) is 5.42. The summed E-state index contributed by atoms with van der Waals surface area (Å²) in [5.41, 5.74) is 2.36. The molecular formula is C14H17FN4. The van der Waals surface area contributed by atoms with Crippen LogP contribution >= 0.6 is 0 Å². The smallest absolute Gasteiger partial charge is 0.151 e. The zero-order valence-corrected chi connectivity index (χ0v) is 10.9. The maximum Gasteiger partial charge on any atom is 0.151 e. The normalized spacial score (nSPS) is 17.7. The maximum atomic E-state index is 13.1. The lowest BCUT2D eigenvalue weighted by Gasteiger charge is -2.13. The number of aromatic nitrogens is 3. The SMILES string of the molecule is Cn1cnc(CCNC2CCc3cc(F)ccc32)n1. The van der Waals surface area contributed by atoms with E-state index in [1.807, 2.05) is 13.1 Å². The zero-order chi connectivity index (χ0) is 13.2. The molecule has 0 fully saturated rings. The number of hydrogen-bond donors (Lipinski definition) is 1. The third-order valence-corrected chi connectivity index (χ3v) is 3.57. The van der Waals surface area contributed by atoms with Gasteiger partial charge in [-0.15, -0.1) is 0 Å². The molecule has 1 N–H and O–H groups in total. The lowest BCUT2D eigenvalue weighted by Crippen LogP contribution is -2.22. The highest BCUT2D eigenvalue weighted by atomic mass is 19.1. The van der Waals surface area contributed by atoms with E-state index in [0.29, 0.717) is 6.04 Å². The van der Waals surface area contributed by atoms with Gasteiger partial charge in [-0.3, -0.25) is 4.68 Å². The number of fused-ring (bicyclic) bond motifs is 1. The van der Waals surface area contributed by atoms with Crippen molar-refractivity contribution in [2.45, 2.75) is 25.3 Å². The quantitative estimate of drug-likeness (QED) is 0.911. The predicted octanol–water partition coefficient (Wildman–Crippen LogP) is 1.77. The molecule has 1 aliphatic carbocycles. The number of hydrogen-bond acceptors (Lipinski definition) is 3. The Hall–Kier alpha value is -1.75. The minimum atomic E-state index is -0.142. The lowest BCUT2D eigenvalue weighted by atomic mass is 10.1. The van der Waals surface area contributed by atoms with E-state index >= 15 is 0 Å². The van der Waals surface area contributed by atoms with Crippen molar-refractivity contribution < 1.29 is 4.39 Å². The molecule has 1 aliphatic rings. The van der Waals surface area contributed by atoms with E-state index in [1.165, 1.54) is 5.56 Å². The average Bonchev–Trinajstić information content (AvgIpc) is 2.96. The summed E-state index contributed by atoms with van der Waals surface area (Å²) in [4.78, 5) is 4.20. The number of rotatable bonds is 4. The van der Waals surface area contributed by atoms with Crippen molar-refractivity contribution in [3.8, 4) is 0 Å². The van der Waals surface area contributed by atoms with Crippen molar-refractivity contribution in [2.75, 3.05) is 6.54 Å². The second kappa shape index (κ2) is 5.09. The monoisotopic (exact) mass is 260 g/mol. The second-order valence-electron chi connectivity index (χ2n) is 4.97. The second-order valence-corrected chi connectivity index (χ2v) is 4.97. The van der Waals surface area contributed by atoms with Gasteiger partial charge in [-0.1, -0.05) is 6.07 Å². The number of benzene rings is 1. The van der Waals surface area contributed by atoms with Crippen molar-refractivity contribution in [3.05, 3.63) is 47.3 Å². The standard InChI is InChI=1S/C14H17FN4/c1-19-9-17-14(18-19)6-7-16-13-5-2-10-8-11(15)3-4-12(10)13/h3-4,8-9,13,16H,2,5-7H2,1H3. The average molecular weight is 260 g/mol. The Bertz CT molecular complexity index is 579. The molecule has 1 aromatic heterocycles. The van der Waals surface area contributed by atoms with Crippen LogP contribution in [-0.2, 0) is 19.9 Å². The van der Waals surface area contributed by atoms with Crippen molar-refractivity contribution in [1.29, 1.82) is 0 Å². The first-order valence-electron chi connectivity index (χ1n) is 6.58. The fourth-order valence-electron chi connectivity index (χ4n) is 2.65. The van der Waals surface area contributed by atoms with Gasteiger partial charge in [0.1, 0.15) is 12.1 Å². The summed E-state index contributed by atoms with van der Waals surface area (Å²) in [5, 5.41) is 7.75. The van der Waals surface area contributed by atoms with Gasteiger partial charge >= 0.3 is 0 Å². The number of aryl methyl sites for hydroxylation is 2. The first-order valence-corrected chi connectivity index (χ1v) is 6.58. The lowest BCUT2D eigenvalue weighted by molar-refractivity contribution is 0.528. The topological polar surface area (TPSA) is 42.7 Å². The van der Waals surface area contributed by atoms with Gasteiger partial charge in [-0.2, -0.15) is 5.10 Å². The van der Waals surface area contributed by atoms with Gasteiger partial charge in [-0.25, -0.2) is 9.37 Å². The van der Waals surface area contributed by atoms with Gasteiger partial charge in [0, 0.05) is 26.1 Å². The van der Waals surface area contributed by atoms with Gasteiger partial charge in [0.2, 0.25) is 0 Å². The van der Waals surface area contributed by atoms with Crippen LogP contribution < -0.4 is 5.32 Å². The summed E-state index contributed by atoms with van der Waals surface area (Å²) in [7, 11) is 1.87. The largest absolute Gasteiger partial charge is 0.309 e. The first-order chi connectivity index (χ1) is 9.22. The van der Waals surface area contributed by atoms with Crippen LogP contribution in [0.1, 0.15) is 29.4 Å². The Labute approximate surface area is 111 Å². The number of nitrogens with zero attached hydrogens (tertiary/aromatic N) is 3. The van der Waals surface area contributed by atoms with Crippen LogP contribution in [0.2, 0.25) is 0 Å². The van der Waals surface area contributed by atoms with Gasteiger partial charge in [-0.05, 0) is 36.1 Å². The van der Waals surface area contributed by atoms with Crippen LogP contribution in [0.4, 0.5) is 4.39 Å². The maximum absolute atomic E-state index is 13.1. The third-order valence-electron chi connectivity index (χ3n) is 3.57. The van der Waals surface area contributed by atoms with Crippen LogP contribution in [0.5, 0.6) is 0 Å². The van der Waals surface area contributed by atoms with E-state index in [4.69, 9.17) is 0 Å². The van der Waals surface area contributed by atoms with Crippen LogP contribution in [-0.4, -0.2) is 21.3 Å². The van der Waals surface area contributed by atoms with E-state index in [9.17, 15) is 4.39 Å². The molecule has 0 saturated carbocycles. The molecular weight excluding hydrogens is 243 g/mol. The Morgan fingerprint density at radius 2 is 2.37 bits per heavy atom. The fraction of sp³-hybridized carbons (Fsp3) is 0.429. The molecule has 1 atom stereocenters. The molecule has 3 rings (SSSR count). The molecule has 4 nitrogen and oxygen atoms in total. The summed E-state index contributed by atoms with van der Waals surface area (Å²) in [5.74, 6) is 0.712. The van der Waals surface area contributed by atoms with Crippen molar-refractivity contribution in [3.63, 3.8) is 0 Å². The van der Waals surface area contributed by atoms with E-state index in [0.717, 1.165) is 37.2 Å². The summed E-state index contributed by atoms with van der Waals surface area (Å²) >= 11 is 0. The van der Waals surface area contributed by atoms with E-state index in [-0.39, 0.29) is 5.82 Å². The van der Waals surface area contributed by atoms with Crippen LogP contribution in [0, 0.1) is 5.82 Å². The fourth-order valence-corrected chi connectivity index (χ4v) is 2.65. The highest BCUT2D eigenvalue weighted by Gasteiger charge is 2.22. The van der Waals surface area contributed by atoms with Gasteiger partial charge in [0.05, 0.1) is 0 Å². The minimum absolute atomic E-state index is 0.142. The summed E-state index contributed by atoms with van der Waals surface area (Å²) < 4.78 is 14.8. The van der Waals surface area contributed by atoms with Crippen molar-refractivity contribution in [2.24, 2.45) is 7.05 Å². The van der Waals surface area contributed by atoms with Crippen molar-refractivity contribution >= 4 is 0 Å². The van der Waals surface area contributed by atoms with Crippen LogP contribution in [0.15, 0.2) is 24.5 Å². The van der Waals surface area contributed by atoms with Crippen LogP contribution in [0.3, 0.4) is 0 Å². The molecule has 0 spiro atoms. The van der Waals surface area contributed by atoms with Gasteiger partial charge in [0.25, 0.3) is 0 Å². The van der Waals surface area contributed by atoms with Gasteiger partial charge < -0.3 is 5.32 Å². The Morgan fingerprint density at radius 3 is 3.16 bits per heavy atom. The first kappa shape index (κ1) is 12.3. The molecule has 100 valence electrons. The molecule has 19 heavy (non-hydrogen) atoms. The zero-order valence-electron chi connectivity index (χ0n) is 10.9. The highest BCUT2D eigenvalue weighted by Crippen LogP contribution is 2.31. The molecule has 2 aromatic rings. The molecule has 5 heteroatoms. The molecule has 1 unspecified atom stereocenters. The highest BCUT2D eigenvalue weighted by molar-refractivity contribution is 5.34. The Kier molecular flexibility index (Phi) is 3.29. The molecule has 1 aromatic carbocycles. The predicted molar refractivity (Wildman–Crippen MR) is 70.2 cm³/mol. The molecule has 0 bridgehead atoms. The van der Waals surface area contributed by atoms with Gasteiger partial charge in [0.15, 0.2) is 5.82 Å². The van der Waals surface area contributed by atoms with Crippen LogP contribution in [0.25, 0.3) is 0 Å². The minimum Gasteiger partial charge on any atom is -0.309 e.